The van der Waals surface area contributed by atoms with Crippen LogP contribution in [-0.2, 0) is 6.61 Å². The Morgan fingerprint density at radius 2 is 1.71 bits per heavy atom. The lowest BCUT2D eigenvalue weighted by atomic mass is 10.0. The van der Waals surface area contributed by atoms with Gasteiger partial charge in [0.2, 0.25) is 0 Å². The summed E-state index contributed by atoms with van der Waals surface area (Å²) < 4.78 is 21.5. The largest absolute Gasteiger partial charge is 0.487 e. The van der Waals surface area contributed by atoms with Gasteiger partial charge in [0.05, 0.1) is 18.8 Å². The van der Waals surface area contributed by atoms with Crippen molar-refractivity contribution in [1.29, 1.82) is 5.26 Å². The zero-order valence-electron chi connectivity index (χ0n) is 15.0. The van der Waals surface area contributed by atoms with Crippen molar-refractivity contribution in [3.63, 3.8) is 0 Å². The minimum absolute atomic E-state index is 0.167. The molecule has 0 bridgehead atoms. The fraction of sp³-hybridized carbons (Fsp3) is 0.0870. The standard InChI is InChI=1S/C23H16FI2NO/c1-15-6-8-17(9-7-15)19(13-27)10-16-11-21(25)23(22(26)12-16)28-14-18-4-2-3-5-20(18)24/h2-12H,14H2,1H3/b19-10-. The fourth-order valence-corrected chi connectivity index (χ4v) is 4.77. The van der Waals surface area contributed by atoms with E-state index < -0.39 is 0 Å². The molecule has 0 spiro atoms. The number of halogens is 3. The van der Waals surface area contributed by atoms with Crippen LogP contribution in [-0.4, -0.2) is 0 Å². The molecule has 3 rings (SSSR count). The lowest BCUT2D eigenvalue weighted by Gasteiger charge is -2.12. The highest BCUT2D eigenvalue weighted by molar-refractivity contribution is 14.1. The highest BCUT2D eigenvalue weighted by Crippen LogP contribution is 2.31. The summed E-state index contributed by atoms with van der Waals surface area (Å²) in [6, 6.07) is 20.7. The third-order valence-corrected chi connectivity index (χ3v) is 5.75. The Balaban J connectivity index is 1.86. The molecular weight excluding hydrogens is 579 g/mol. The molecule has 0 saturated carbocycles. The Kier molecular flexibility index (Phi) is 7.08. The second kappa shape index (κ2) is 9.52. The maximum absolute atomic E-state index is 13.8. The number of aryl methyl sites for hydroxylation is 1. The van der Waals surface area contributed by atoms with Gasteiger partial charge < -0.3 is 4.74 Å². The second-order valence-corrected chi connectivity index (χ2v) is 8.55. The molecule has 0 aliphatic carbocycles. The number of nitrogens with zero attached hydrogens (tertiary/aromatic N) is 1. The van der Waals surface area contributed by atoms with Crippen molar-refractivity contribution in [3.8, 4) is 11.8 Å². The summed E-state index contributed by atoms with van der Waals surface area (Å²) in [4.78, 5) is 0. The Morgan fingerprint density at radius 3 is 2.32 bits per heavy atom. The van der Waals surface area contributed by atoms with E-state index in [2.05, 4.69) is 51.3 Å². The molecule has 5 heteroatoms. The monoisotopic (exact) mass is 595 g/mol. The highest BCUT2D eigenvalue weighted by Gasteiger charge is 2.11. The van der Waals surface area contributed by atoms with E-state index in [4.69, 9.17) is 4.74 Å². The van der Waals surface area contributed by atoms with Crippen LogP contribution < -0.4 is 4.74 Å². The normalized spacial score (nSPS) is 11.2. The molecule has 0 aromatic heterocycles. The number of rotatable bonds is 5. The molecule has 0 saturated heterocycles. The molecule has 2 nitrogen and oxygen atoms in total. The predicted molar refractivity (Wildman–Crippen MR) is 127 cm³/mol. The van der Waals surface area contributed by atoms with Gasteiger partial charge in [0.1, 0.15) is 18.2 Å². The minimum atomic E-state index is -0.274. The van der Waals surface area contributed by atoms with E-state index in [0.717, 1.165) is 29.6 Å². The maximum Gasteiger partial charge on any atom is 0.146 e. The summed E-state index contributed by atoms with van der Waals surface area (Å²) in [5.41, 5.74) is 4.08. The van der Waals surface area contributed by atoms with E-state index in [1.54, 1.807) is 18.2 Å². The van der Waals surface area contributed by atoms with Crippen LogP contribution in [0.4, 0.5) is 4.39 Å². The van der Waals surface area contributed by atoms with Gasteiger partial charge in [-0.05, 0) is 87.5 Å². The molecule has 0 aliphatic rings. The van der Waals surface area contributed by atoms with Gasteiger partial charge in [-0.15, -0.1) is 0 Å². The predicted octanol–water partition coefficient (Wildman–Crippen LogP) is 6.99. The molecule has 0 unspecified atom stereocenters. The van der Waals surface area contributed by atoms with Gasteiger partial charge in [-0.1, -0.05) is 48.0 Å². The van der Waals surface area contributed by atoms with Crippen molar-refractivity contribution >= 4 is 56.8 Å². The molecule has 0 atom stereocenters. The minimum Gasteiger partial charge on any atom is -0.487 e. The van der Waals surface area contributed by atoms with Gasteiger partial charge in [-0.3, -0.25) is 0 Å². The summed E-state index contributed by atoms with van der Waals surface area (Å²) in [5, 5.41) is 9.56. The summed E-state index contributed by atoms with van der Waals surface area (Å²) >= 11 is 4.41. The van der Waals surface area contributed by atoms with Crippen molar-refractivity contribution in [2.45, 2.75) is 13.5 Å². The topological polar surface area (TPSA) is 33.0 Å². The van der Waals surface area contributed by atoms with Crippen molar-refractivity contribution in [1.82, 2.24) is 0 Å². The first-order chi connectivity index (χ1) is 13.5. The van der Waals surface area contributed by atoms with Crippen LogP contribution >= 0.6 is 45.2 Å². The van der Waals surface area contributed by atoms with E-state index in [1.165, 1.54) is 6.07 Å². The van der Waals surface area contributed by atoms with Crippen molar-refractivity contribution in [3.05, 3.63) is 95.9 Å². The third-order valence-electron chi connectivity index (χ3n) is 4.14. The van der Waals surface area contributed by atoms with E-state index in [0.29, 0.717) is 11.1 Å². The van der Waals surface area contributed by atoms with E-state index in [9.17, 15) is 9.65 Å². The number of benzene rings is 3. The van der Waals surface area contributed by atoms with Gasteiger partial charge in [0.25, 0.3) is 0 Å². The molecular formula is C23H16FI2NO. The van der Waals surface area contributed by atoms with Crippen molar-refractivity contribution in [2.24, 2.45) is 0 Å². The van der Waals surface area contributed by atoms with Gasteiger partial charge in [0, 0.05) is 5.56 Å². The Hall–Kier alpha value is -1.92. The molecule has 0 radical (unpaired) electrons. The van der Waals surface area contributed by atoms with Crippen LogP contribution in [0.2, 0.25) is 0 Å². The second-order valence-electron chi connectivity index (χ2n) is 6.23. The molecule has 0 fully saturated rings. The maximum atomic E-state index is 13.8. The summed E-state index contributed by atoms with van der Waals surface area (Å²) in [6.07, 6.45) is 1.87. The Labute approximate surface area is 191 Å². The molecule has 0 aliphatic heterocycles. The molecule has 28 heavy (non-hydrogen) atoms. The van der Waals surface area contributed by atoms with Crippen LogP contribution in [0.25, 0.3) is 11.6 Å². The number of hydrogen-bond donors (Lipinski definition) is 0. The molecule has 0 heterocycles. The third kappa shape index (κ3) is 5.11. The molecule has 3 aromatic rings. The van der Waals surface area contributed by atoms with Gasteiger partial charge >= 0.3 is 0 Å². The first-order valence-corrected chi connectivity index (χ1v) is 10.7. The fourth-order valence-electron chi connectivity index (χ4n) is 2.65. The molecule has 0 N–H and O–H groups in total. The smallest absolute Gasteiger partial charge is 0.146 e. The van der Waals surface area contributed by atoms with Crippen LogP contribution in [0.3, 0.4) is 0 Å². The molecule has 3 aromatic carbocycles. The van der Waals surface area contributed by atoms with Gasteiger partial charge in [-0.25, -0.2) is 4.39 Å². The zero-order valence-corrected chi connectivity index (χ0v) is 19.4. The van der Waals surface area contributed by atoms with Crippen LogP contribution in [0, 0.1) is 31.2 Å². The van der Waals surface area contributed by atoms with Gasteiger partial charge in [0.15, 0.2) is 0 Å². The number of hydrogen-bond acceptors (Lipinski definition) is 2. The SMILES string of the molecule is Cc1ccc(/C(C#N)=C\c2cc(I)c(OCc3ccccc3F)c(I)c2)cc1. The van der Waals surface area contributed by atoms with E-state index >= 15 is 0 Å². The highest BCUT2D eigenvalue weighted by atomic mass is 127. The number of nitriles is 1. The Bertz CT molecular complexity index is 1050. The summed E-state index contributed by atoms with van der Waals surface area (Å²) in [7, 11) is 0. The van der Waals surface area contributed by atoms with Crippen LogP contribution in [0.5, 0.6) is 5.75 Å². The quantitative estimate of drug-likeness (QED) is 0.181. The van der Waals surface area contributed by atoms with E-state index in [1.807, 2.05) is 49.4 Å². The van der Waals surface area contributed by atoms with E-state index in [-0.39, 0.29) is 12.4 Å². The lowest BCUT2D eigenvalue weighted by Crippen LogP contribution is -2.01. The summed E-state index contributed by atoms with van der Waals surface area (Å²) in [6.45, 7) is 2.19. The van der Waals surface area contributed by atoms with Crippen molar-refractivity contribution in [2.75, 3.05) is 0 Å². The molecule has 0 amide bonds. The van der Waals surface area contributed by atoms with Crippen molar-refractivity contribution < 1.29 is 9.13 Å². The van der Waals surface area contributed by atoms with Crippen LogP contribution in [0.15, 0.2) is 60.7 Å². The number of allylic oxidation sites excluding steroid dienone is 1. The van der Waals surface area contributed by atoms with Crippen LogP contribution in [0.1, 0.15) is 22.3 Å². The average Bonchev–Trinajstić information content (AvgIpc) is 2.67. The lowest BCUT2D eigenvalue weighted by molar-refractivity contribution is 0.295. The first-order valence-electron chi connectivity index (χ1n) is 8.52. The molecule has 140 valence electrons. The average molecular weight is 595 g/mol. The Morgan fingerprint density at radius 1 is 1.07 bits per heavy atom. The number of ether oxygens (including phenoxy) is 1. The first kappa shape index (κ1) is 20.8. The summed E-state index contributed by atoms with van der Waals surface area (Å²) in [5.74, 6) is 0.444. The van der Waals surface area contributed by atoms with Gasteiger partial charge in [-0.2, -0.15) is 5.26 Å². The zero-order chi connectivity index (χ0) is 20.1.